The second-order valence-corrected chi connectivity index (χ2v) is 6.57. The molecule has 2 aromatic carbocycles. The van der Waals surface area contributed by atoms with Crippen LogP contribution in [0.4, 0.5) is 4.39 Å². The highest BCUT2D eigenvalue weighted by molar-refractivity contribution is 14.1. The fourth-order valence-corrected chi connectivity index (χ4v) is 2.68. The quantitative estimate of drug-likeness (QED) is 0.637. The van der Waals surface area contributed by atoms with Crippen molar-refractivity contribution >= 4 is 50.1 Å². The molecule has 0 fully saturated rings. The van der Waals surface area contributed by atoms with Gasteiger partial charge in [0.2, 0.25) is 0 Å². The van der Waals surface area contributed by atoms with Crippen LogP contribution >= 0.6 is 50.1 Å². The number of aliphatic hydroxyl groups is 1. The molecule has 5 heteroatoms. The van der Waals surface area contributed by atoms with Gasteiger partial charge >= 0.3 is 0 Å². The van der Waals surface area contributed by atoms with Gasteiger partial charge in [-0.1, -0.05) is 23.7 Å². The van der Waals surface area contributed by atoms with Crippen molar-refractivity contribution in [2.24, 2.45) is 0 Å². The van der Waals surface area contributed by atoms with Gasteiger partial charge in [-0.05, 0) is 73.9 Å². The molecular formula is C14H10BrClFIO. The Kier molecular flexibility index (Phi) is 5.22. The van der Waals surface area contributed by atoms with E-state index in [-0.39, 0.29) is 5.82 Å². The molecule has 1 nitrogen and oxygen atoms in total. The van der Waals surface area contributed by atoms with E-state index >= 15 is 0 Å². The third kappa shape index (κ3) is 3.90. The van der Waals surface area contributed by atoms with Crippen LogP contribution in [0.25, 0.3) is 0 Å². The molecule has 0 aliphatic carbocycles. The molecule has 1 unspecified atom stereocenters. The van der Waals surface area contributed by atoms with E-state index < -0.39 is 6.10 Å². The van der Waals surface area contributed by atoms with E-state index in [2.05, 4.69) is 38.5 Å². The van der Waals surface area contributed by atoms with Gasteiger partial charge in [0.25, 0.3) is 0 Å². The van der Waals surface area contributed by atoms with Crippen LogP contribution in [-0.2, 0) is 6.42 Å². The summed E-state index contributed by atoms with van der Waals surface area (Å²) in [5.41, 5.74) is 1.61. The second-order valence-electron chi connectivity index (χ2n) is 4.14. The van der Waals surface area contributed by atoms with Gasteiger partial charge in [0.15, 0.2) is 0 Å². The van der Waals surface area contributed by atoms with Crippen LogP contribution in [0.1, 0.15) is 17.2 Å². The van der Waals surface area contributed by atoms with Crippen molar-refractivity contribution in [2.75, 3.05) is 0 Å². The van der Waals surface area contributed by atoms with Crippen molar-refractivity contribution in [3.8, 4) is 0 Å². The standard InChI is InChI=1S/C14H10BrClFIO/c15-10-5-8(1-3-12(10)17)6-14(19)9-2-4-13(18)11(16)7-9/h1-5,7,14,19H,6H2. The maximum absolute atomic E-state index is 13.1. The Morgan fingerprint density at radius 2 is 2.00 bits per heavy atom. The zero-order chi connectivity index (χ0) is 14.0. The van der Waals surface area contributed by atoms with Gasteiger partial charge in [-0.25, -0.2) is 4.39 Å². The number of aliphatic hydroxyl groups excluding tert-OH is 1. The fourth-order valence-electron chi connectivity index (χ4n) is 1.73. The molecule has 0 aliphatic rings. The number of benzene rings is 2. The Morgan fingerprint density at radius 1 is 1.26 bits per heavy atom. The average molecular weight is 455 g/mol. The Balaban J connectivity index is 2.17. The normalized spacial score (nSPS) is 12.5. The average Bonchev–Trinajstić information content (AvgIpc) is 2.37. The van der Waals surface area contributed by atoms with E-state index in [1.807, 2.05) is 12.1 Å². The lowest BCUT2D eigenvalue weighted by Gasteiger charge is -2.12. The number of hydrogen-bond acceptors (Lipinski definition) is 1. The zero-order valence-electron chi connectivity index (χ0n) is 9.71. The van der Waals surface area contributed by atoms with Gasteiger partial charge in [-0.3, -0.25) is 0 Å². The SMILES string of the molecule is OC(Cc1ccc(F)c(Br)c1)c1ccc(I)c(Cl)c1. The summed E-state index contributed by atoms with van der Waals surface area (Å²) in [6.45, 7) is 0. The van der Waals surface area contributed by atoms with Gasteiger partial charge in [-0.2, -0.15) is 0 Å². The molecule has 0 heterocycles. The Bertz CT molecular complexity index is 606. The highest BCUT2D eigenvalue weighted by Crippen LogP contribution is 2.26. The smallest absolute Gasteiger partial charge is 0.137 e. The summed E-state index contributed by atoms with van der Waals surface area (Å²) in [5, 5.41) is 10.8. The van der Waals surface area contributed by atoms with Gasteiger partial charge in [0.05, 0.1) is 15.6 Å². The van der Waals surface area contributed by atoms with Crippen LogP contribution in [-0.4, -0.2) is 5.11 Å². The van der Waals surface area contributed by atoms with Gasteiger partial charge in [0.1, 0.15) is 5.82 Å². The molecule has 2 rings (SSSR count). The molecule has 0 aromatic heterocycles. The highest BCUT2D eigenvalue weighted by Gasteiger charge is 2.11. The molecule has 2 aromatic rings. The van der Waals surface area contributed by atoms with E-state index in [1.54, 1.807) is 18.2 Å². The van der Waals surface area contributed by atoms with Crippen LogP contribution in [0.2, 0.25) is 5.02 Å². The molecule has 0 radical (unpaired) electrons. The molecule has 1 N–H and O–H groups in total. The predicted molar refractivity (Wildman–Crippen MR) is 86.9 cm³/mol. The monoisotopic (exact) mass is 454 g/mol. The highest BCUT2D eigenvalue weighted by atomic mass is 127. The predicted octanol–water partition coefficient (Wildman–Crippen LogP) is 5.12. The minimum absolute atomic E-state index is 0.310. The molecule has 0 saturated carbocycles. The van der Waals surface area contributed by atoms with E-state index in [0.717, 1.165) is 14.7 Å². The van der Waals surface area contributed by atoms with E-state index in [1.165, 1.54) is 6.07 Å². The van der Waals surface area contributed by atoms with Crippen LogP contribution in [0.15, 0.2) is 40.9 Å². The third-order valence-electron chi connectivity index (χ3n) is 2.74. The Morgan fingerprint density at radius 3 is 2.63 bits per heavy atom. The minimum Gasteiger partial charge on any atom is -0.388 e. The summed E-state index contributed by atoms with van der Waals surface area (Å²) in [7, 11) is 0. The molecule has 19 heavy (non-hydrogen) atoms. The molecule has 0 amide bonds. The summed E-state index contributed by atoms with van der Waals surface area (Å²) < 4.78 is 14.5. The summed E-state index contributed by atoms with van der Waals surface area (Å²) in [5.74, 6) is -0.310. The Labute approximate surface area is 138 Å². The van der Waals surface area contributed by atoms with Gasteiger partial charge in [0, 0.05) is 9.99 Å². The lowest BCUT2D eigenvalue weighted by molar-refractivity contribution is 0.178. The van der Waals surface area contributed by atoms with Crippen molar-refractivity contribution in [3.05, 3.63) is 66.4 Å². The third-order valence-corrected chi connectivity index (χ3v) is 4.92. The molecule has 1 atom stereocenters. The van der Waals surface area contributed by atoms with Gasteiger partial charge < -0.3 is 5.11 Å². The molecule has 0 saturated heterocycles. The van der Waals surface area contributed by atoms with Crippen molar-refractivity contribution < 1.29 is 9.50 Å². The summed E-state index contributed by atoms with van der Waals surface area (Å²) in [4.78, 5) is 0. The summed E-state index contributed by atoms with van der Waals surface area (Å²) >= 11 is 11.3. The zero-order valence-corrected chi connectivity index (χ0v) is 14.2. The van der Waals surface area contributed by atoms with Crippen LogP contribution in [0.3, 0.4) is 0 Å². The second kappa shape index (κ2) is 6.52. The van der Waals surface area contributed by atoms with Crippen LogP contribution in [0.5, 0.6) is 0 Å². The summed E-state index contributed by atoms with van der Waals surface area (Å²) in [6, 6.07) is 10.2. The van der Waals surface area contributed by atoms with E-state index in [4.69, 9.17) is 11.6 Å². The number of halogens is 4. The first-order chi connectivity index (χ1) is 8.97. The van der Waals surface area contributed by atoms with Crippen molar-refractivity contribution in [1.82, 2.24) is 0 Å². The maximum atomic E-state index is 13.1. The van der Waals surface area contributed by atoms with Crippen LogP contribution in [0, 0.1) is 9.39 Å². The Hall–Kier alpha value is -0.170. The van der Waals surface area contributed by atoms with Crippen molar-refractivity contribution in [1.29, 1.82) is 0 Å². The van der Waals surface area contributed by atoms with Crippen molar-refractivity contribution in [2.45, 2.75) is 12.5 Å². The topological polar surface area (TPSA) is 20.2 Å². The number of hydrogen-bond donors (Lipinski definition) is 1. The molecule has 0 spiro atoms. The largest absolute Gasteiger partial charge is 0.388 e. The lowest BCUT2D eigenvalue weighted by atomic mass is 10.0. The molecular weight excluding hydrogens is 445 g/mol. The van der Waals surface area contributed by atoms with Crippen molar-refractivity contribution in [3.63, 3.8) is 0 Å². The first kappa shape index (κ1) is 15.2. The fraction of sp³-hybridized carbons (Fsp3) is 0.143. The molecule has 0 aliphatic heterocycles. The molecule has 0 bridgehead atoms. The van der Waals surface area contributed by atoms with E-state index in [0.29, 0.717) is 15.9 Å². The lowest BCUT2D eigenvalue weighted by Crippen LogP contribution is -2.02. The first-order valence-corrected chi connectivity index (χ1v) is 7.79. The summed E-state index contributed by atoms with van der Waals surface area (Å²) in [6.07, 6.45) is -0.248. The molecule has 100 valence electrons. The number of rotatable bonds is 3. The first-order valence-electron chi connectivity index (χ1n) is 5.54. The van der Waals surface area contributed by atoms with E-state index in [9.17, 15) is 9.50 Å². The maximum Gasteiger partial charge on any atom is 0.137 e. The van der Waals surface area contributed by atoms with Gasteiger partial charge in [-0.15, -0.1) is 0 Å². The minimum atomic E-state index is -0.660. The van der Waals surface area contributed by atoms with Crippen LogP contribution < -0.4 is 0 Å².